The average Bonchev–Trinajstić information content (AvgIpc) is 2.94. The summed E-state index contributed by atoms with van der Waals surface area (Å²) in [5.41, 5.74) is 0.737. The fraction of sp³-hybridized carbons (Fsp3) is 0.400. The van der Waals surface area contributed by atoms with Gasteiger partial charge >= 0.3 is 5.97 Å². The van der Waals surface area contributed by atoms with Gasteiger partial charge in [-0.25, -0.2) is 4.39 Å². The zero-order valence-corrected chi connectivity index (χ0v) is 17.5. The second-order valence-corrected chi connectivity index (χ2v) is 8.22. The maximum atomic E-state index is 13.0. The van der Waals surface area contributed by atoms with Gasteiger partial charge in [0.15, 0.2) is 0 Å². The molecule has 2 N–H and O–H groups in total. The van der Waals surface area contributed by atoms with Crippen LogP contribution in [0.2, 0.25) is 0 Å². The summed E-state index contributed by atoms with van der Waals surface area (Å²) >= 11 is 6.52. The minimum atomic E-state index is -0.873. The molecule has 29 heavy (non-hydrogen) atoms. The van der Waals surface area contributed by atoms with Gasteiger partial charge in [0.25, 0.3) is 5.91 Å². The lowest BCUT2D eigenvalue weighted by Gasteiger charge is -2.14. The largest absolute Gasteiger partial charge is 0.481 e. The van der Waals surface area contributed by atoms with Crippen LogP contribution in [0.4, 0.5) is 4.39 Å². The van der Waals surface area contributed by atoms with E-state index in [2.05, 4.69) is 5.32 Å². The SMILES string of the molecule is O=C(O)CCCNC(=O)CCCCCN1C(=O)/C(=C/c2ccc(F)cc2)SC1=S. The summed E-state index contributed by atoms with van der Waals surface area (Å²) in [5.74, 6) is -1.45. The number of carboxylic acids is 1. The average molecular weight is 439 g/mol. The highest BCUT2D eigenvalue weighted by atomic mass is 32.2. The molecule has 1 heterocycles. The topological polar surface area (TPSA) is 86.7 Å². The molecule has 0 aromatic heterocycles. The smallest absolute Gasteiger partial charge is 0.303 e. The van der Waals surface area contributed by atoms with Crippen LogP contribution in [-0.4, -0.2) is 45.2 Å². The lowest BCUT2D eigenvalue weighted by Crippen LogP contribution is -2.29. The van der Waals surface area contributed by atoms with E-state index in [1.54, 1.807) is 23.1 Å². The highest BCUT2D eigenvalue weighted by Crippen LogP contribution is 2.32. The summed E-state index contributed by atoms with van der Waals surface area (Å²) in [6.45, 7) is 0.855. The minimum Gasteiger partial charge on any atom is -0.481 e. The van der Waals surface area contributed by atoms with Crippen molar-refractivity contribution < 1.29 is 23.9 Å². The third-order valence-corrected chi connectivity index (χ3v) is 5.59. The molecule has 0 unspecified atom stereocenters. The first-order valence-electron chi connectivity index (χ1n) is 9.36. The van der Waals surface area contributed by atoms with Gasteiger partial charge in [-0.05, 0) is 43.0 Å². The van der Waals surface area contributed by atoms with E-state index in [-0.39, 0.29) is 24.1 Å². The second-order valence-electron chi connectivity index (χ2n) is 6.54. The van der Waals surface area contributed by atoms with Gasteiger partial charge in [-0.1, -0.05) is 42.5 Å². The van der Waals surface area contributed by atoms with Crippen molar-refractivity contribution in [2.24, 2.45) is 0 Å². The van der Waals surface area contributed by atoms with Crippen molar-refractivity contribution in [2.45, 2.75) is 38.5 Å². The molecule has 1 aromatic carbocycles. The van der Waals surface area contributed by atoms with Gasteiger partial charge in [0.05, 0.1) is 4.91 Å². The number of amides is 2. The van der Waals surface area contributed by atoms with Crippen LogP contribution in [0.5, 0.6) is 0 Å². The number of halogens is 1. The molecule has 1 aromatic rings. The van der Waals surface area contributed by atoms with Crippen molar-refractivity contribution in [3.05, 3.63) is 40.6 Å². The van der Waals surface area contributed by atoms with Gasteiger partial charge in [0.1, 0.15) is 10.1 Å². The fourth-order valence-corrected chi connectivity index (χ4v) is 4.00. The molecule has 0 aliphatic carbocycles. The molecule has 156 valence electrons. The van der Waals surface area contributed by atoms with Crippen molar-refractivity contribution in [3.63, 3.8) is 0 Å². The molecule has 1 aliphatic rings. The van der Waals surface area contributed by atoms with Crippen LogP contribution in [0.15, 0.2) is 29.2 Å². The Labute approximate surface area is 178 Å². The number of thioether (sulfide) groups is 1. The first-order chi connectivity index (χ1) is 13.9. The lowest BCUT2D eigenvalue weighted by atomic mass is 10.1. The fourth-order valence-electron chi connectivity index (χ4n) is 2.69. The van der Waals surface area contributed by atoms with Crippen LogP contribution in [-0.2, 0) is 14.4 Å². The van der Waals surface area contributed by atoms with Crippen molar-refractivity contribution in [2.75, 3.05) is 13.1 Å². The van der Waals surface area contributed by atoms with Crippen LogP contribution in [0.1, 0.15) is 44.1 Å². The Kier molecular flexibility index (Phi) is 9.27. The number of aliphatic carboxylic acids is 1. The summed E-state index contributed by atoms with van der Waals surface area (Å²) in [5, 5.41) is 11.2. The molecule has 0 saturated carbocycles. The van der Waals surface area contributed by atoms with Crippen molar-refractivity contribution in [1.82, 2.24) is 10.2 Å². The van der Waals surface area contributed by atoms with Gasteiger partial charge < -0.3 is 10.4 Å². The number of hydrogen-bond acceptors (Lipinski definition) is 5. The molecule has 6 nitrogen and oxygen atoms in total. The Morgan fingerprint density at radius 2 is 1.86 bits per heavy atom. The Morgan fingerprint density at radius 1 is 1.14 bits per heavy atom. The predicted octanol–water partition coefficient (Wildman–Crippen LogP) is 3.57. The molecule has 1 saturated heterocycles. The lowest BCUT2D eigenvalue weighted by molar-refractivity contribution is -0.137. The molecule has 0 radical (unpaired) electrons. The minimum absolute atomic E-state index is 0.0413. The van der Waals surface area contributed by atoms with Crippen LogP contribution < -0.4 is 5.32 Å². The third kappa shape index (κ3) is 7.94. The number of benzene rings is 1. The molecule has 2 amide bonds. The Morgan fingerprint density at radius 3 is 2.55 bits per heavy atom. The molecule has 1 aliphatic heterocycles. The third-order valence-electron chi connectivity index (χ3n) is 4.22. The number of nitrogens with zero attached hydrogens (tertiary/aromatic N) is 1. The van der Waals surface area contributed by atoms with E-state index < -0.39 is 5.97 Å². The van der Waals surface area contributed by atoms with E-state index in [1.807, 2.05) is 0 Å². The number of unbranched alkanes of at least 4 members (excludes halogenated alkanes) is 2. The second kappa shape index (κ2) is 11.7. The molecule has 9 heteroatoms. The Bertz CT molecular complexity index is 796. The number of thiocarbonyl (C=S) groups is 1. The zero-order chi connectivity index (χ0) is 21.2. The molecule has 0 bridgehead atoms. The molecular formula is C20H23FN2O4S2. The van der Waals surface area contributed by atoms with E-state index in [0.29, 0.717) is 41.6 Å². The molecule has 1 fully saturated rings. The van der Waals surface area contributed by atoms with Gasteiger partial charge in [0.2, 0.25) is 5.91 Å². The van der Waals surface area contributed by atoms with Gasteiger partial charge in [0, 0.05) is 25.9 Å². The summed E-state index contributed by atoms with van der Waals surface area (Å²) in [6.07, 6.45) is 4.72. The predicted molar refractivity (Wildman–Crippen MR) is 115 cm³/mol. The zero-order valence-electron chi connectivity index (χ0n) is 15.9. The van der Waals surface area contributed by atoms with E-state index in [4.69, 9.17) is 17.3 Å². The quantitative estimate of drug-likeness (QED) is 0.312. The Hall–Kier alpha value is -2.26. The standard InChI is InChI=1S/C20H23FN2O4S2/c21-15-9-7-14(8-10-15)13-16-19(27)23(20(28)29-16)12-3-1-2-5-17(24)22-11-4-6-18(25)26/h7-10,13H,1-6,11-12H2,(H,22,24)(H,25,26)/b16-13-. The Balaban J connectivity index is 1.68. The van der Waals surface area contributed by atoms with Crippen molar-refractivity contribution >= 4 is 52.2 Å². The molecule has 2 rings (SSSR count). The normalized spacial score (nSPS) is 15.2. The monoisotopic (exact) mass is 438 g/mol. The molecular weight excluding hydrogens is 415 g/mol. The van der Waals surface area contributed by atoms with Crippen LogP contribution in [0.3, 0.4) is 0 Å². The van der Waals surface area contributed by atoms with Crippen LogP contribution in [0.25, 0.3) is 6.08 Å². The molecule has 0 spiro atoms. The summed E-state index contributed by atoms with van der Waals surface area (Å²) < 4.78 is 13.5. The maximum Gasteiger partial charge on any atom is 0.303 e. The maximum absolute atomic E-state index is 13.0. The highest BCUT2D eigenvalue weighted by molar-refractivity contribution is 8.26. The van der Waals surface area contributed by atoms with Crippen molar-refractivity contribution in [3.8, 4) is 0 Å². The van der Waals surface area contributed by atoms with Crippen LogP contribution in [0, 0.1) is 5.82 Å². The number of rotatable bonds is 11. The van der Waals surface area contributed by atoms with Crippen molar-refractivity contribution in [1.29, 1.82) is 0 Å². The number of carbonyl (C=O) groups excluding carboxylic acids is 2. The summed E-state index contributed by atoms with van der Waals surface area (Å²) in [6, 6.07) is 5.90. The summed E-state index contributed by atoms with van der Waals surface area (Å²) in [4.78, 5) is 36.7. The number of carbonyl (C=O) groups is 3. The number of hydrogen-bond donors (Lipinski definition) is 2. The van der Waals surface area contributed by atoms with Gasteiger partial charge in [-0.15, -0.1) is 0 Å². The number of nitrogens with one attached hydrogen (secondary N) is 1. The van der Waals surface area contributed by atoms with E-state index >= 15 is 0 Å². The van der Waals surface area contributed by atoms with Crippen LogP contribution >= 0.6 is 24.0 Å². The molecule has 0 atom stereocenters. The van der Waals surface area contributed by atoms with E-state index in [0.717, 1.165) is 18.4 Å². The first-order valence-corrected chi connectivity index (χ1v) is 10.6. The summed E-state index contributed by atoms with van der Waals surface area (Å²) in [7, 11) is 0. The number of carboxylic acid groups (broad SMARTS) is 1. The van der Waals surface area contributed by atoms with E-state index in [1.165, 1.54) is 23.9 Å². The van der Waals surface area contributed by atoms with Gasteiger partial charge in [-0.3, -0.25) is 19.3 Å². The van der Waals surface area contributed by atoms with E-state index in [9.17, 15) is 18.8 Å². The highest BCUT2D eigenvalue weighted by Gasteiger charge is 2.31. The van der Waals surface area contributed by atoms with Gasteiger partial charge in [-0.2, -0.15) is 0 Å². The first kappa shape index (κ1) is 23.0.